The van der Waals surface area contributed by atoms with E-state index in [0.717, 1.165) is 36.0 Å². The summed E-state index contributed by atoms with van der Waals surface area (Å²) in [5, 5.41) is 6.51. The Hall–Kier alpha value is -2.34. The van der Waals surface area contributed by atoms with E-state index in [1.165, 1.54) is 0 Å². The van der Waals surface area contributed by atoms with Gasteiger partial charge in [0, 0.05) is 24.8 Å². The number of aromatic nitrogens is 2. The van der Waals surface area contributed by atoms with Crippen LogP contribution in [0.4, 0.5) is 17.5 Å². The number of anilines is 3. The summed E-state index contributed by atoms with van der Waals surface area (Å²) in [7, 11) is 5.73. The van der Waals surface area contributed by atoms with Crippen LogP contribution in [-0.2, 0) is 0 Å². The SMILES string of the molecule is COc1ccccc1Nc1nc(C)cc(NCCN(C)C)n1. The van der Waals surface area contributed by atoms with E-state index in [1.807, 2.05) is 51.4 Å². The van der Waals surface area contributed by atoms with Crippen LogP contribution in [-0.4, -0.2) is 49.2 Å². The lowest BCUT2D eigenvalue weighted by Crippen LogP contribution is -2.21. The van der Waals surface area contributed by atoms with Gasteiger partial charge in [0.15, 0.2) is 0 Å². The Morgan fingerprint density at radius 3 is 2.68 bits per heavy atom. The summed E-state index contributed by atoms with van der Waals surface area (Å²) >= 11 is 0. The maximum absolute atomic E-state index is 5.33. The molecule has 0 spiro atoms. The van der Waals surface area contributed by atoms with Gasteiger partial charge in [0.05, 0.1) is 12.8 Å². The largest absolute Gasteiger partial charge is 0.495 e. The van der Waals surface area contributed by atoms with Gasteiger partial charge in [-0.2, -0.15) is 4.98 Å². The first-order valence-electron chi connectivity index (χ1n) is 7.23. The lowest BCUT2D eigenvalue weighted by atomic mass is 10.3. The number of nitrogens with zero attached hydrogens (tertiary/aromatic N) is 3. The van der Waals surface area contributed by atoms with Crippen molar-refractivity contribution in [3.8, 4) is 5.75 Å². The van der Waals surface area contributed by atoms with Crippen molar-refractivity contribution in [3.63, 3.8) is 0 Å². The molecule has 6 nitrogen and oxygen atoms in total. The van der Waals surface area contributed by atoms with Gasteiger partial charge >= 0.3 is 0 Å². The first-order valence-corrected chi connectivity index (χ1v) is 7.23. The molecule has 0 saturated heterocycles. The first kappa shape index (κ1) is 16.0. The van der Waals surface area contributed by atoms with Crippen molar-refractivity contribution < 1.29 is 4.74 Å². The summed E-state index contributed by atoms with van der Waals surface area (Å²) in [6.07, 6.45) is 0. The van der Waals surface area contributed by atoms with Gasteiger partial charge in [-0.25, -0.2) is 4.98 Å². The highest BCUT2D eigenvalue weighted by atomic mass is 16.5. The van der Waals surface area contributed by atoms with Crippen LogP contribution in [0.1, 0.15) is 5.69 Å². The van der Waals surface area contributed by atoms with E-state index in [-0.39, 0.29) is 0 Å². The molecule has 0 amide bonds. The lowest BCUT2D eigenvalue weighted by molar-refractivity contribution is 0.417. The number of hydrogen-bond acceptors (Lipinski definition) is 6. The van der Waals surface area contributed by atoms with E-state index >= 15 is 0 Å². The van der Waals surface area contributed by atoms with Crippen LogP contribution in [0.3, 0.4) is 0 Å². The molecule has 1 heterocycles. The van der Waals surface area contributed by atoms with Crippen molar-refractivity contribution in [2.75, 3.05) is 44.9 Å². The molecule has 0 saturated carbocycles. The molecule has 0 aliphatic heterocycles. The highest BCUT2D eigenvalue weighted by molar-refractivity contribution is 5.63. The Morgan fingerprint density at radius 2 is 1.95 bits per heavy atom. The second-order valence-electron chi connectivity index (χ2n) is 5.27. The third-order valence-corrected chi connectivity index (χ3v) is 3.07. The topological polar surface area (TPSA) is 62.3 Å². The summed E-state index contributed by atoms with van der Waals surface area (Å²) in [5.74, 6) is 2.12. The summed E-state index contributed by atoms with van der Waals surface area (Å²) in [4.78, 5) is 11.0. The summed E-state index contributed by atoms with van der Waals surface area (Å²) < 4.78 is 5.33. The number of aryl methyl sites for hydroxylation is 1. The normalized spacial score (nSPS) is 10.6. The zero-order valence-corrected chi connectivity index (χ0v) is 13.6. The molecule has 2 N–H and O–H groups in total. The smallest absolute Gasteiger partial charge is 0.229 e. The van der Waals surface area contributed by atoms with Crippen molar-refractivity contribution in [2.45, 2.75) is 6.92 Å². The van der Waals surface area contributed by atoms with Crippen LogP contribution in [0.25, 0.3) is 0 Å². The van der Waals surface area contributed by atoms with E-state index in [2.05, 4.69) is 25.5 Å². The molecule has 1 aromatic carbocycles. The molecule has 2 rings (SSSR count). The fourth-order valence-corrected chi connectivity index (χ4v) is 1.99. The maximum Gasteiger partial charge on any atom is 0.229 e. The average Bonchev–Trinajstić information content (AvgIpc) is 2.47. The minimum atomic E-state index is 0.553. The van der Waals surface area contributed by atoms with Gasteiger partial charge in [-0.1, -0.05) is 12.1 Å². The van der Waals surface area contributed by atoms with Gasteiger partial charge in [0.25, 0.3) is 0 Å². The summed E-state index contributed by atoms with van der Waals surface area (Å²) in [6.45, 7) is 3.72. The molecule has 0 fully saturated rings. The molecule has 118 valence electrons. The van der Waals surface area contributed by atoms with Gasteiger partial charge in [-0.3, -0.25) is 0 Å². The predicted molar refractivity (Wildman–Crippen MR) is 90.1 cm³/mol. The Kier molecular flexibility index (Phi) is 5.55. The lowest BCUT2D eigenvalue weighted by Gasteiger charge is -2.13. The monoisotopic (exact) mass is 301 g/mol. The molecular formula is C16H23N5O. The molecule has 0 aliphatic rings. The number of likely N-dealkylation sites (N-methyl/N-ethyl adjacent to an activating group) is 1. The van der Waals surface area contributed by atoms with Gasteiger partial charge < -0.3 is 20.3 Å². The second-order valence-corrected chi connectivity index (χ2v) is 5.27. The van der Waals surface area contributed by atoms with Crippen molar-refractivity contribution in [2.24, 2.45) is 0 Å². The van der Waals surface area contributed by atoms with E-state index < -0.39 is 0 Å². The first-order chi connectivity index (χ1) is 10.6. The average molecular weight is 301 g/mol. The molecule has 1 aromatic heterocycles. The van der Waals surface area contributed by atoms with Gasteiger partial charge in [0.1, 0.15) is 11.6 Å². The molecule has 0 unspecified atom stereocenters. The molecule has 0 bridgehead atoms. The minimum absolute atomic E-state index is 0.553. The zero-order chi connectivity index (χ0) is 15.9. The maximum atomic E-state index is 5.33. The third-order valence-electron chi connectivity index (χ3n) is 3.07. The molecule has 0 aliphatic carbocycles. The molecular weight excluding hydrogens is 278 g/mol. The number of para-hydroxylation sites is 2. The minimum Gasteiger partial charge on any atom is -0.495 e. The van der Waals surface area contributed by atoms with Crippen LogP contribution < -0.4 is 15.4 Å². The third kappa shape index (κ3) is 4.60. The summed E-state index contributed by atoms with van der Waals surface area (Å²) in [6, 6.07) is 9.63. The van der Waals surface area contributed by atoms with Gasteiger partial charge in [-0.15, -0.1) is 0 Å². The van der Waals surface area contributed by atoms with Crippen LogP contribution >= 0.6 is 0 Å². The highest BCUT2D eigenvalue weighted by Crippen LogP contribution is 2.26. The number of benzene rings is 1. The molecule has 6 heteroatoms. The number of nitrogens with one attached hydrogen (secondary N) is 2. The van der Waals surface area contributed by atoms with E-state index in [1.54, 1.807) is 7.11 Å². The van der Waals surface area contributed by atoms with Crippen LogP contribution in [0.2, 0.25) is 0 Å². The Bertz CT molecular complexity index is 615. The fraction of sp³-hybridized carbons (Fsp3) is 0.375. The number of ether oxygens (including phenoxy) is 1. The Morgan fingerprint density at radius 1 is 1.18 bits per heavy atom. The number of hydrogen-bond donors (Lipinski definition) is 2. The zero-order valence-electron chi connectivity index (χ0n) is 13.6. The number of methoxy groups -OCH3 is 1. The van der Waals surface area contributed by atoms with Crippen LogP contribution in [0.15, 0.2) is 30.3 Å². The van der Waals surface area contributed by atoms with Crippen molar-refractivity contribution >= 4 is 17.5 Å². The quantitative estimate of drug-likeness (QED) is 0.819. The standard InChI is InChI=1S/C16H23N5O/c1-12-11-15(17-9-10-21(2)3)20-16(18-12)19-13-7-5-6-8-14(13)22-4/h5-8,11H,9-10H2,1-4H3,(H2,17,18,19,20). The van der Waals surface area contributed by atoms with Crippen molar-refractivity contribution in [1.82, 2.24) is 14.9 Å². The Balaban J connectivity index is 2.12. The predicted octanol–water partition coefficient (Wildman–Crippen LogP) is 2.51. The van der Waals surface area contributed by atoms with Crippen molar-refractivity contribution in [1.29, 1.82) is 0 Å². The van der Waals surface area contributed by atoms with E-state index in [0.29, 0.717) is 5.95 Å². The fourth-order valence-electron chi connectivity index (χ4n) is 1.99. The van der Waals surface area contributed by atoms with Crippen LogP contribution in [0, 0.1) is 6.92 Å². The van der Waals surface area contributed by atoms with E-state index in [9.17, 15) is 0 Å². The number of rotatable bonds is 7. The van der Waals surface area contributed by atoms with Crippen LogP contribution in [0.5, 0.6) is 5.75 Å². The van der Waals surface area contributed by atoms with Gasteiger partial charge in [0.2, 0.25) is 5.95 Å². The molecule has 0 atom stereocenters. The molecule has 0 radical (unpaired) electrons. The van der Waals surface area contributed by atoms with E-state index in [4.69, 9.17) is 4.74 Å². The second kappa shape index (κ2) is 7.61. The van der Waals surface area contributed by atoms with Gasteiger partial charge in [-0.05, 0) is 33.2 Å². The van der Waals surface area contributed by atoms with Crippen molar-refractivity contribution in [3.05, 3.63) is 36.0 Å². The molecule has 2 aromatic rings. The molecule has 22 heavy (non-hydrogen) atoms. The Labute approximate surface area is 131 Å². The summed E-state index contributed by atoms with van der Waals surface area (Å²) in [5.41, 5.74) is 1.74. The highest BCUT2D eigenvalue weighted by Gasteiger charge is 2.06.